The van der Waals surface area contributed by atoms with E-state index in [-0.39, 0.29) is 36.3 Å². The van der Waals surface area contributed by atoms with E-state index in [2.05, 4.69) is 4.98 Å². The van der Waals surface area contributed by atoms with Crippen LogP contribution in [0.1, 0.15) is 17.7 Å². The van der Waals surface area contributed by atoms with Crippen LogP contribution in [-0.4, -0.2) is 73.6 Å². The number of sulfone groups is 1. The van der Waals surface area contributed by atoms with Gasteiger partial charge in [-0.1, -0.05) is 23.8 Å². The number of ether oxygens (including phenoxy) is 1. The summed E-state index contributed by atoms with van der Waals surface area (Å²) in [6.07, 6.45) is -2.91. The second-order valence-corrected chi connectivity index (χ2v) is 13.0. The summed E-state index contributed by atoms with van der Waals surface area (Å²) in [6.45, 7) is 2.44. The van der Waals surface area contributed by atoms with E-state index in [1.165, 1.54) is 4.31 Å². The molecule has 1 aromatic heterocycles. The van der Waals surface area contributed by atoms with E-state index in [1.54, 1.807) is 30.5 Å². The molecule has 9 nitrogen and oxygen atoms in total. The molecule has 1 N–H and O–H groups in total. The predicted octanol–water partition coefficient (Wildman–Crippen LogP) is 2.42. The first-order chi connectivity index (χ1) is 16.7. The third-order valence-electron chi connectivity index (χ3n) is 6.18. The number of aromatic nitrogens is 1. The first-order valence-electron chi connectivity index (χ1n) is 10.8. The maximum absolute atomic E-state index is 12.9. The molecule has 1 atom stereocenters. The zero-order chi connectivity index (χ0) is 26.8. The van der Waals surface area contributed by atoms with E-state index < -0.39 is 36.8 Å². The Hall–Kier alpha value is -2.55. The van der Waals surface area contributed by atoms with Crippen molar-refractivity contribution in [3.8, 4) is 0 Å². The lowest BCUT2D eigenvalue weighted by atomic mass is 9.85. The van der Waals surface area contributed by atoms with Crippen LogP contribution in [-0.2, 0) is 36.0 Å². The number of halogens is 3. The van der Waals surface area contributed by atoms with E-state index in [9.17, 15) is 30.0 Å². The SMILES string of the molecule is Cc1ccc(S(=O)(=O)N2CC3(C2)C(COCc2ccccn2)CCS3(=O)=O)cc1.O=C(O)C(F)(F)F. The monoisotopic (exact) mass is 550 g/mol. The molecule has 2 aliphatic rings. The maximum atomic E-state index is 12.9. The lowest BCUT2D eigenvalue weighted by Crippen LogP contribution is -2.68. The van der Waals surface area contributed by atoms with E-state index in [0.717, 1.165) is 11.3 Å². The van der Waals surface area contributed by atoms with Crippen LogP contribution in [0.4, 0.5) is 13.2 Å². The summed E-state index contributed by atoms with van der Waals surface area (Å²) in [5, 5.41) is 7.12. The number of carbonyl (C=O) groups is 1. The van der Waals surface area contributed by atoms with E-state index in [1.807, 2.05) is 25.1 Å². The number of alkyl halides is 3. The summed E-state index contributed by atoms with van der Waals surface area (Å²) in [5.41, 5.74) is 1.74. The minimum Gasteiger partial charge on any atom is -0.475 e. The fourth-order valence-electron chi connectivity index (χ4n) is 4.08. The number of benzene rings is 1. The van der Waals surface area contributed by atoms with E-state index in [0.29, 0.717) is 13.0 Å². The number of hydrogen-bond acceptors (Lipinski definition) is 7. The molecule has 198 valence electrons. The second kappa shape index (κ2) is 10.4. The summed E-state index contributed by atoms with van der Waals surface area (Å²) < 4.78 is 89.0. The Bertz CT molecular complexity index is 1280. The van der Waals surface area contributed by atoms with Gasteiger partial charge in [0.25, 0.3) is 0 Å². The smallest absolute Gasteiger partial charge is 0.475 e. The Morgan fingerprint density at radius 2 is 1.81 bits per heavy atom. The molecule has 3 heterocycles. The number of nitrogens with zero attached hydrogens (tertiary/aromatic N) is 2. The summed E-state index contributed by atoms with van der Waals surface area (Å²) in [7, 11) is -7.08. The molecule has 4 rings (SSSR count). The van der Waals surface area contributed by atoms with Gasteiger partial charge in [0, 0.05) is 25.2 Å². The molecule has 0 aliphatic carbocycles. The maximum Gasteiger partial charge on any atom is 0.490 e. The molecule has 1 unspecified atom stereocenters. The van der Waals surface area contributed by atoms with Crippen molar-refractivity contribution in [2.75, 3.05) is 25.4 Å². The Balaban J connectivity index is 0.000000454. The zero-order valence-electron chi connectivity index (χ0n) is 19.2. The zero-order valence-corrected chi connectivity index (χ0v) is 20.8. The second-order valence-electron chi connectivity index (χ2n) is 8.59. The number of pyridine rings is 1. The van der Waals surface area contributed by atoms with Crippen LogP contribution in [0.3, 0.4) is 0 Å². The van der Waals surface area contributed by atoms with Crippen LogP contribution in [0, 0.1) is 12.8 Å². The minimum absolute atomic E-state index is 0.0108. The standard InChI is InChI=1S/C20H24N2O5S2.C2HF3O2/c1-16-5-7-19(8-6-16)29(25,26)22-14-20(15-22)17(9-11-28(20,23)24)12-27-13-18-4-2-3-10-21-18;3-2(4,5)1(6)7/h2-8,10,17H,9,11-15H2,1H3;(H,6,7). The average molecular weight is 551 g/mol. The third kappa shape index (κ3) is 5.88. The molecule has 0 bridgehead atoms. The summed E-state index contributed by atoms with van der Waals surface area (Å²) in [4.78, 5) is 13.3. The largest absolute Gasteiger partial charge is 0.490 e. The number of aliphatic carboxylic acids is 1. The molecule has 0 amide bonds. The fraction of sp³-hybridized carbons (Fsp3) is 0.455. The van der Waals surface area contributed by atoms with Crippen LogP contribution in [0.25, 0.3) is 0 Å². The quantitative estimate of drug-likeness (QED) is 0.580. The first kappa shape index (κ1) is 28.0. The highest BCUT2D eigenvalue weighted by Crippen LogP contribution is 2.46. The van der Waals surface area contributed by atoms with Crippen LogP contribution >= 0.6 is 0 Å². The van der Waals surface area contributed by atoms with Gasteiger partial charge >= 0.3 is 12.1 Å². The molecular formula is C22H25F3N2O7S2. The number of aryl methyl sites for hydroxylation is 1. The fourth-order valence-corrected chi connectivity index (χ4v) is 8.22. The minimum atomic E-state index is -5.08. The Morgan fingerprint density at radius 1 is 1.19 bits per heavy atom. The lowest BCUT2D eigenvalue weighted by Gasteiger charge is -2.48. The lowest BCUT2D eigenvalue weighted by molar-refractivity contribution is -0.192. The number of carboxylic acid groups (broad SMARTS) is 1. The summed E-state index contributed by atoms with van der Waals surface area (Å²) in [6, 6.07) is 12.1. The van der Waals surface area contributed by atoms with E-state index in [4.69, 9.17) is 14.6 Å². The van der Waals surface area contributed by atoms with Gasteiger partial charge < -0.3 is 9.84 Å². The summed E-state index contributed by atoms with van der Waals surface area (Å²) >= 11 is 0. The molecule has 2 saturated heterocycles. The Labute approximate surface area is 206 Å². The molecule has 2 aromatic rings. The van der Waals surface area contributed by atoms with Crippen molar-refractivity contribution < 1.29 is 44.6 Å². The third-order valence-corrected chi connectivity index (χ3v) is 10.6. The van der Waals surface area contributed by atoms with Crippen LogP contribution in [0.15, 0.2) is 53.6 Å². The molecule has 0 radical (unpaired) electrons. The van der Waals surface area contributed by atoms with Crippen LogP contribution in [0.5, 0.6) is 0 Å². The van der Waals surface area contributed by atoms with Gasteiger partial charge in [-0.3, -0.25) is 4.98 Å². The normalized spacial score (nSPS) is 20.8. The highest BCUT2D eigenvalue weighted by molar-refractivity contribution is 7.93. The highest BCUT2D eigenvalue weighted by atomic mass is 32.2. The van der Waals surface area contributed by atoms with Gasteiger partial charge in [0.15, 0.2) is 9.84 Å². The molecule has 36 heavy (non-hydrogen) atoms. The van der Waals surface area contributed by atoms with Gasteiger partial charge in [0.1, 0.15) is 4.75 Å². The molecule has 2 aliphatic heterocycles. The number of hydrogen-bond donors (Lipinski definition) is 1. The van der Waals surface area contributed by atoms with E-state index >= 15 is 0 Å². The Morgan fingerprint density at radius 3 is 2.33 bits per heavy atom. The molecule has 1 aromatic carbocycles. The van der Waals surface area contributed by atoms with Crippen molar-refractivity contribution in [2.45, 2.75) is 35.8 Å². The molecule has 1 spiro atoms. The number of carboxylic acids is 1. The average Bonchev–Trinajstić information content (AvgIpc) is 3.04. The highest BCUT2D eigenvalue weighted by Gasteiger charge is 2.63. The summed E-state index contributed by atoms with van der Waals surface area (Å²) in [5.74, 6) is -2.91. The van der Waals surface area contributed by atoms with Crippen LogP contribution < -0.4 is 0 Å². The van der Waals surface area contributed by atoms with Crippen molar-refractivity contribution in [1.29, 1.82) is 0 Å². The number of sulfonamides is 1. The van der Waals surface area contributed by atoms with Gasteiger partial charge in [-0.2, -0.15) is 17.5 Å². The Kier molecular flexibility index (Phi) is 8.13. The van der Waals surface area contributed by atoms with Crippen LogP contribution in [0.2, 0.25) is 0 Å². The molecule has 0 saturated carbocycles. The van der Waals surface area contributed by atoms with Crippen molar-refractivity contribution in [3.63, 3.8) is 0 Å². The molecular weight excluding hydrogens is 525 g/mol. The van der Waals surface area contributed by atoms with Gasteiger partial charge in [-0.05, 0) is 37.6 Å². The van der Waals surface area contributed by atoms with Crippen molar-refractivity contribution in [3.05, 3.63) is 59.9 Å². The topological polar surface area (TPSA) is 131 Å². The van der Waals surface area contributed by atoms with Gasteiger partial charge in [0.05, 0.1) is 29.6 Å². The van der Waals surface area contributed by atoms with Gasteiger partial charge in [-0.25, -0.2) is 21.6 Å². The van der Waals surface area contributed by atoms with Crippen molar-refractivity contribution in [2.24, 2.45) is 5.92 Å². The number of rotatable bonds is 6. The van der Waals surface area contributed by atoms with Gasteiger partial charge in [0.2, 0.25) is 10.0 Å². The predicted molar refractivity (Wildman–Crippen MR) is 122 cm³/mol. The first-order valence-corrected chi connectivity index (χ1v) is 13.9. The van der Waals surface area contributed by atoms with Crippen molar-refractivity contribution in [1.82, 2.24) is 9.29 Å². The van der Waals surface area contributed by atoms with Gasteiger partial charge in [-0.15, -0.1) is 0 Å². The molecule has 14 heteroatoms. The van der Waals surface area contributed by atoms with Crippen molar-refractivity contribution >= 4 is 25.8 Å². The molecule has 2 fully saturated rings.